The first-order valence-electron chi connectivity index (χ1n) is 9.40. The Kier molecular flexibility index (Phi) is 6.53. The Bertz CT molecular complexity index is 1180. The number of aromatic nitrogens is 2. The van der Waals surface area contributed by atoms with Crippen molar-refractivity contribution >= 4 is 19.2 Å². The van der Waals surface area contributed by atoms with Gasteiger partial charge in [0.1, 0.15) is 31.8 Å². The topological polar surface area (TPSA) is 64.4 Å². The van der Waals surface area contributed by atoms with Gasteiger partial charge >= 0.3 is 0 Å². The van der Waals surface area contributed by atoms with E-state index >= 15 is 0 Å². The fraction of sp³-hybridized carbons (Fsp3) is 0.227. The molecule has 0 bridgehead atoms. The summed E-state index contributed by atoms with van der Waals surface area (Å²) in [4.78, 5) is 30.4. The molecule has 0 saturated heterocycles. The Labute approximate surface area is 179 Å². The molecule has 0 atom stereocenters. The molecule has 0 N–H and O–H groups in total. The van der Waals surface area contributed by atoms with E-state index in [-0.39, 0.29) is 35.8 Å². The van der Waals surface area contributed by atoms with Gasteiger partial charge in [0, 0.05) is 43.1 Å². The first-order valence-corrected chi connectivity index (χ1v) is 9.40. The van der Waals surface area contributed by atoms with Gasteiger partial charge in [-0.05, 0) is 37.3 Å². The maximum Gasteiger partial charge on any atom is 0.254 e. The summed E-state index contributed by atoms with van der Waals surface area (Å²) in [6.45, 7) is 1.65. The lowest BCUT2D eigenvalue weighted by molar-refractivity contribution is 0.0827. The molecule has 0 aliphatic rings. The molecule has 3 rings (SSSR count). The van der Waals surface area contributed by atoms with Gasteiger partial charge in [0.15, 0.2) is 0 Å². The zero-order chi connectivity index (χ0) is 22.7. The Morgan fingerprint density at radius 3 is 2.55 bits per heavy atom. The van der Waals surface area contributed by atoms with Gasteiger partial charge in [-0.3, -0.25) is 14.6 Å². The average molecular weight is 423 g/mol. The van der Waals surface area contributed by atoms with Crippen LogP contribution < -0.4 is 15.8 Å². The van der Waals surface area contributed by atoms with Crippen LogP contribution in [0.1, 0.15) is 27.3 Å². The second-order valence-corrected chi connectivity index (χ2v) is 7.22. The lowest BCUT2D eigenvalue weighted by Crippen LogP contribution is -2.37. The van der Waals surface area contributed by atoms with Crippen molar-refractivity contribution < 1.29 is 18.3 Å². The van der Waals surface area contributed by atoms with Crippen molar-refractivity contribution in [3.8, 4) is 5.75 Å². The van der Waals surface area contributed by atoms with E-state index in [2.05, 4.69) is 4.98 Å². The van der Waals surface area contributed by atoms with Gasteiger partial charge in [-0.2, -0.15) is 0 Å². The largest absolute Gasteiger partial charge is 0.489 e. The van der Waals surface area contributed by atoms with Crippen LogP contribution in [0, 0.1) is 18.6 Å². The van der Waals surface area contributed by atoms with Crippen LogP contribution in [0.2, 0.25) is 0 Å². The van der Waals surface area contributed by atoms with Crippen molar-refractivity contribution in [2.45, 2.75) is 20.1 Å². The van der Waals surface area contributed by atoms with E-state index < -0.39 is 17.2 Å². The third kappa shape index (κ3) is 4.99. The summed E-state index contributed by atoms with van der Waals surface area (Å²) in [7, 11) is 9.24. The van der Waals surface area contributed by atoms with Crippen LogP contribution in [-0.2, 0) is 13.2 Å². The highest BCUT2D eigenvalue weighted by Crippen LogP contribution is 2.15. The average Bonchev–Trinajstić information content (AvgIpc) is 2.73. The smallest absolute Gasteiger partial charge is 0.254 e. The molecule has 0 unspecified atom stereocenters. The molecule has 2 heterocycles. The quantitative estimate of drug-likeness (QED) is 0.569. The SMILES string of the molecule is [B]c1c(OCc2ccc(F)cc2F)cc(C)n(Cc2ccc(C(=O)N(C)C)cn2)c1=O. The Morgan fingerprint density at radius 1 is 1.19 bits per heavy atom. The van der Waals surface area contributed by atoms with Gasteiger partial charge in [-0.15, -0.1) is 0 Å². The molecule has 31 heavy (non-hydrogen) atoms. The molecule has 0 aliphatic carbocycles. The summed E-state index contributed by atoms with van der Waals surface area (Å²) in [6.07, 6.45) is 1.45. The zero-order valence-electron chi connectivity index (χ0n) is 17.4. The maximum atomic E-state index is 13.8. The van der Waals surface area contributed by atoms with E-state index in [4.69, 9.17) is 12.6 Å². The Morgan fingerprint density at radius 2 is 1.94 bits per heavy atom. The molecule has 158 valence electrons. The molecule has 0 spiro atoms. The number of hydrogen-bond donors (Lipinski definition) is 0. The van der Waals surface area contributed by atoms with Gasteiger partial charge in [-0.25, -0.2) is 8.78 Å². The third-order valence-corrected chi connectivity index (χ3v) is 4.70. The maximum absolute atomic E-state index is 13.8. The van der Waals surface area contributed by atoms with Crippen LogP contribution >= 0.6 is 0 Å². The minimum absolute atomic E-state index is 0.113. The molecule has 6 nitrogen and oxygen atoms in total. The molecule has 0 saturated carbocycles. The highest BCUT2D eigenvalue weighted by molar-refractivity contribution is 6.33. The van der Waals surface area contributed by atoms with Crippen molar-refractivity contribution in [2.24, 2.45) is 0 Å². The van der Waals surface area contributed by atoms with E-state index in [1.807, 2.05) is 0 Å². The number of carbonyl (C=O) groups is 1. The molecule has 0 fully saturated rings. The van der Waals surface area contributed by atoms with Crippen LogP contribution in [0.3, 0.4) is 0 Å². The Balaban J connectivity index is 1.80. The number of aryl methyl sites for hydroxylation is 1. The number of amides is 1. The lowest BCUT2D eigenvalue weighted by Gasteiger charge is -2.16. The number of pyridine rings is 2. The third-order valence-electron chi connectivity index (χ3n) is 4.70. The van der Waals surface area contributed by atoms with E-state index in [1.165, 1.54) is 21.7 Å². The minimum Gasteiger partial charge on any atom is -0.489 e. The van der Waals surface area contributed by atoms with Gasteiger partial charge in [0.25, 0.3) is 5.91 Å². The van der Waals surface area contributed by atoms with Gasteiger partial charge in [0.05, 0.1) is 17.8 Å². The van der Waals surface area contributed by atoms with Crippen molar-refractivity contribution in [1.29, 1.82) is 0 Å². The molecule has 9 heteroatoms. The number of halogens is 2. The minimum atomic E-state index is -0.745. The van der Waals surface area contributed by atoms with Crippen molar-refractivity contribution in [3.05, 3.63) is 87.1 Å². The fourth-order valence-corrected chi connectivity index (χ4v) is 2.93. The van der Waals surface area contributed by atoms with E-state index in [9.17, 15) is 18.4 Å². The van der Waals surface area contributed by atoms with Crippen molar-refractivity contribution in [3.63, 3.8) is 0 Å². The van der Waals surface area contributed by atoms with E-state index in [1.54, 1.807) is 39.2 Å². The predicted molar refractivity (Wildman–Crippen MR) is 113 cm³/mol. The zero-order valence-corrected chi connectivity index (χ0v) is 17.4. The van der Waals surface area contributed by atoms with Crippen LogP contribution in [0.5, 0.6) is 5.75 Å². The molecular weight excluding hydrogens is 403 g/mol. The van der Waals surface area contributed by atoms with E-state index in [0.717, 1.165) is 12.1 Å². The van der Waals surface area contributed by atoms with Gasteiger partial charge in [-0.1, -0.05) is 0 Å². The summed E-state index contributed by atoms with van der Waals surface area (Å²) < 4.78 is 33.8. The second-order valence-electron chi connectivity index (χ2n) is 7.22. The first kappa shape index (κ1) is 22.2. The summed E-state index contributed by atoms with van der Waals surface area (Å²) >= 11 is 0. The van der Waals surface area contributed by atoms with Gasteiger partial charge in [0.2, 0.25) is 5.56 Å². The van der Waals surface area contributed by atoms with Crippen LogP contribution in [0.4, 0.5) is 8.78 Å². The summed E-state index contributed by atoms with van der Waals surface area (Å²) in [5, 5.41) is 0. The fourth-order valence-electron chi connectivity index (χ4n) is 2.93. The van der Waals surface area contributed by atoms with Crippen LogP contribution in [-0.4, -0.2) is 42.3 Å². The monoisotopic (exact) mass is 423 g/mol. The number of ether oxygens (including phenoxy) is 1. The number of benzene rings is 1. The molecule has 2 radical (unpaired) electrons. The van der Waals surface area contributed by atoms with E-state index in [0.29, 0.717) is 17.0 Å². The predicted octanol–water partition coefficient (Wildman–Crippen LogP) is 1.95. The molecule has 1 amide bonds. The van der Waals surface area contributed by atoms with Crippen LogP contribution in [0.25, 0.3) is 0 Å². The lowest BCUT2D eigenvalue weighted by atomic mass is 9.96. The first-order chi connectivity index (χ1) is 14.7. The number of nitrogens with zero attached hydrogens (tertiary/aromatic N) is 3. The summed E-state index contributed by atoms with van der Waals surface area (Å²) in [6, 6.07) is 8.03. The number of carbonyl (C=O) groups excluding carboxylic acids is 1. The van der Waals surface area contributed by atoms with Crippen molar-refractivity contribution in [2.75, 3.05) is 14.1 Å². The standard InChI is InChI=1S/C22H20BF2N3O3/c1-13-8-19(31-12-15-4-6-16(24)9-18(15)25)20(23)22(30)28(13)11-17-7-5-14(10-26-17)21(29)27(2)3/h4-10H,11-12H2,1-3H3. The molecule has 0 aliphatic heterocycles. The van der Waals surface area contributed by atoms with Gasteiger partial charge < -0.3 is 14.2 Å². The molecule has 3 aromatic rings. The van der Waals surface area contributed by atoms with Crippen LogP contribution in [0.15, 0.2) is 47.4 Å². The highest BCUT2D eigenvalue weighted by Gasteiger charge is 2.13. The number of rotatable bonds is 6. The highest BCUT2D eigenvalue weighted by atomic mass is 19.1. The molecular formula is C22H20BF2N3O3. The second kappa shape index (κ2) is 9.12. The Hall–Kier alpha value is -3.49. The van der Waals surface area contributed by atoms with Crippen molar-refractivity contribution in [1.82, 2.24) is 14.5 Å². The summed E-state index contributed by atoms with van der Waals surface area (Å²) in [5.74, 6) is -1.49. The molecule has 1 aromatic carbocycles. The summed E-state index contributed by atoms with van der Waals surface area (Å²) in [5.41, 5.74) is 1.09. The normalized spacial score (nSPS) is 10.7. The number of hydrogen-bond acceptors (Lipinski definition) is 4. The molecule has 2 aromatic heterocycles.